The predicted octanol–water partition coefficient (Wildman–Crippen LogP) is 2.46. The van der Waals surface area contributed by atoms with Gasteiger partial charge in [0.15, 0.2) is 0 Å². The van der Waals surface area contributed by atoms with E-state index in [1.807, 2.05) is 0 Å². The van der Waals surface area contributed by atoms with Crippen molar-refractivity contribution in [3.8, 4) is 0 Å². The highest BCUT2D eigenvalue weighted by atomic mass is 32.2. The number of hydrogen-bond acceptors (Lipinski definition) is 3. The van der Waals surface area contributed by atoms with Gasteiger partial charge in [0, 0.05) is 23.5 Å². The van der Waals surface area contributed by atoms with Gasteiger partial charge >= 0.3 is 11.5 Å². The number of nitrogens with zero attached hydrogens (tertiary/aromatic N) is 1. The summed E-state index contributed by atoms with van der Waals surface area (Å²) in [5.74, 6) is -1.88. The van der Waals surface area contributed by atoms with Gasteiger partial charge in [-0.3, -0.25) is 9.59 Å². The molecule has 8 heteroatoms. The zero-order valence-corrected chi connectivity index (χ0v) is 10.9. The molecule has 1 aliphatic heterocycles. The molecule has 1 saturated heterocycles. The first kappa shape index (κ1) is 14.7. The summed E-state index contributed by atoms with van der Waals surface area (Å²) in [5, 5.41) is 8.70. The number of aliphatic carboxylic acids is 1. The van der Waals surface area contributed by atoms with Crippen molar-refractivity contribution in [2.45, 2.75) is 10.4 Å². The lowest BCUT2D eigenvalue weighted by Gasteiger charge is -2.36. The monoisotopic (exact) mass is 305 g/mol. The maximum atomic E-state index is 12.1. The minimum atomic E-state index is -4.36. The topological polar surface area (TPSA) is 57.6 Å². The fourth-order valence-corrected chi connectivity index (χ4v) is 2.32. The van der Waals surface area contributed by atoms with Crippen molar-refractivity contribution in [3.63, 3.8) is 0 Å². The Kier molecular flexibility index (Phi) is 3.94. The molecule has 108 valence electrons. The first-order valence-corrected chi connectivity index (χ1v) is 6.46. The second-order valence-corrected chi connectivity index (χ2v) is 5.46. The highest BCUT2D eigenvalue weighted by molar-refractivity contribution is 8.00. The largest absolute Gasteiger partial charge is 0.481 e. The molecule has 4 nitrogen and oxygen atoms in total. The van der Waals surface area contributed by atoms with Gasteiger partial charge in [0.05, 0.1) is 5.92 Å². The van der Waals surface area contributed by atoms with Crippen molar-refractivity contribution in [1.29, 1.82) is 0 Å². The van der Waals surface area contributed by atoms with Crippen LogP contribution >= 0.6 is 11.8 Å². The number of carboxylic acid groups (broad SMARTS) is 1. The average molecular weight is 305 g/mol. The predicted molar refractivity (Wildman–Crippen MR) is 65.4 cm³/mol. The van der Waals surface area contributed by atoms with Crippen molar-refractivity contribution < 1.29 is 27.9 Å². The zero-order chi connectivity index (χ0) is 14.9. The van der Waals surface area contributed by atoms with E-state index in [2.05, 4.69) is 0 Å². The lowest BCUT2D eigenvalue weighted by atomic mass is 9.99. The number of hydrogen-bond donors (Lipinski definition) is 1. The van der Waals surface area contributed by atoms with Crippen molar-refractivity contribution in [3.05, 3.63) is 29.8 Å². The summed E-state index contributed by atoms with van der Waals surface area (Å²) < 4.78 is 36.4. The van der Waals surface area contributed by atoms with Crippen LogP contribution in [0.25, 0.3) is 0 Å². The molecule has 0 unspecified atom stereocenters. The van der Waals surface area contributed by atoms with Crippen LogP contribution in [0.5, 0.6) is 0 Å². The molecular formula is C12H10F3NO3S. The summed E-state index contributed by atoms with van der Waals surface area (Å²) >= 11 is -0.249. The van der Waals surface area contributed by atoms with E-state index in [1.165, 1.54) is 29.2 Å². The number of rotatable bonds is 3. The first-order valence-electron chi connectivity index (χ1n) is 5.64. The van der Waals surface area contributed by atoms with Crippen LogP contribution in [0, 0.1) is 5.92 Å². The number of benzene rings is 1. The van der Waals surface area contributed by atoms with E-state index in [0.717, 1.165) is 0 Å². The van der Waals surface area contributed by atoms with Crippen LogP contribution in [-0.4, -0.2) is 40.5 Å². The Bertz CT molecular complexity index is 524. The summed E-state index contributed by atoms with van der Waals surface area (Å²) in [6.45, 7) is 0.264. The SMILES string of the molecule is O=C(O)C1CN(C(=O)c2ccc(SC(F)(F)F)cc2)C1. The summed E-state index contributed by atoms with van der Waals surface area (Å²) in [7, 11) is 0. The molecule has 1 aliphatic rings. The number of amides is 1. The molecule has 1 heterocycles. The van der Waals surface area contributed by atoms with Gasteiger partial charge in [0.25, 0.3) is 5.91 Å². The Morgan fingerprint density at radius 1 is 1.20 bits per heavy atom. The Morgan fingerprint density at radius 2 is 1.75 bits per heavy atom. The number of carbonyl (C=O) groups excluding carboxylic acids is 1. The normalized spacial score (nSPS) is 15.8. The Morgan fingerprint density at radius 3 is 2.20 bits per heavy atom. The van der Waals surface area contributed by atoms with Gasteiger partial charge in [-0.1, -0.05) is 0 Å². The number of carbonyl (C=O) groups is 2. The molecule has 1 fully saturated rings. The van der Waals surface area contributed by atoms with Gasteiger partial charge in [-0.2, -0.15) is 13.2 Å². The molecule has 1 aromatic carbocycles. The number of alkyl halides is 3. The molecule has 0 radical (unpaired) electrons. The Hall–Kier alpha value is -1.70. The van der Waals surface area contributed by atoms with Crippen LogP contribution in [0.1, 0.15) is 10.4 Å². The minimum Gasteiger partial charge on any atom is -0.481 e. The van der Waals surface area contributed by atoms with Crippen molar-refractivity contribution in [1.82, 2.24) is 4.90 Å². The van der Waals surface area contributed by atoms with E-state index in [4.69, 9.17) is 5.11 Å². The Balaban J connectivity index is 1.97. The zero-order valence-electron chi connectivity index (χ0n) is 10.1. The molecule has 1 aromatic rings. The van der Waals surface area contributed by atoms with Crippen LogP contribution in [0.3, 0.4) is 0 Å². The van der Waals surface area contributed by atoms with Gasteiger partial charge in [-0.15, -0.1) is 0 Å². The summed E-state index contributed by atoms with van der Waals surface area (Å²) in [6, 6.07) is 5.06. The minimum absolute atomic E-state index is 0.000993. The van der Waals surface area contributed by atoms with Gasteiger partial charge in [0.2, 0.25) is 0 Å². The van der Waals surface area contributed by atoms with E-state index in [9.17, 15) is 22.8 Å². The fraction of sp³-hybridized carbons (Fsp3) is 0.333. The second-order valence-electron chi connectivity index (χ2n) is 4.32. The van der Waals surface area contributed by atoms with E-state index in [0.29, 0.717) is 0 Å². The Labute approximate surface area is 116 Å². The van der Waals surface area contributed by atoms with E-state index in [1.54, 1.807) is 0 Å². The van der Waals surface area contributed by atoms with Crippen molar-refractivity contribution in [2.24, 2.45) is 5.92 Å². The molecule has 2 rings (SSSR count). The van der Waals surface area contributed by atoms with Gasteiger partial charge in [-0.25, -0.2) is 0 Å². The molecular weight excluding hydrogens is 295 g/mol. The van der Waals surface area contributed by atoms with Crippen LogP contribution in [0.15, 0.2) is 29.2 Å². The third-order valence-corrected chi connectivity index (χ3v) is 3.59. The van der Waals surface area contributed by atoms with Gasteiger partial charge in [-0.05, 0) is 36.0 Å². The number of likely N-dealkylation sites (tertiary alicyclic amines) is 1. The van der Waals surface area contributed by atoms with Gasteiger partial charge in [0.1, 0.15) is 0 Å². The number of carboxylic acids is 1. The maximum absolute atomic E-state index is 12.1. The standard InChI is InChI=1S/C12H10F3NO3S/c13-12(14,15)20-9-3-1-7(2-4-9)10(17)16-5-8(6-16)11(18)19/h1-4,8H,5-6H2,(H,18,19). The maximum Gasteiger partial charge on any atom is 0.446 e. The number of halogens is 3. The highest BCUT2D eigenvalue weighted by Crippen LogP contribution is 2.36. The molecule has 20 heavy (non-hydrogen) atoms. The van der Waals surface area contributed by atoms with Gasteiger partial charge < -0.3 is 10.0 Å². The van der Waals surface area contributed by atoms with Crippen molar-refractivity contribution >= 4 is 23.6 Å². The molecule has 0 bridgehead atoms. The molecule has 0 spiro atoms. The lowest BCUT2D eigenvalue weighted by molar-refractivity contribution is -0.146. The lowest BCUT2D eigenvalue weighted by Crippen LogP contribution is -2.53. The van der Waals surface area contributed by atoms with E-state index in [-0.39, 0.29) is 41.2 Å². The molecule has 0 saturated carbocycles. The molecule has 1 amide bonds. The van der Waals surface area contributed by atoms with Crippen LogP contribution < -0.4 is 0 Å². The summed E-state index contributed by atoms with van der Waals surface area (Å²) in [6.07, 6.45) is 0. The van der Waals surface area contributed by atoms with Crippen LogP contribution in [0.4, 0.5) is 13.2 Å². The molecule has 0 aliphatic carbocycles. The fourth-order valence-electron chi connectivity index (χ4n) is 1.78. The van der Waals surface area contributed by atoms with Crippen LogP contribution in [0.2, 0.25) is 0 Å². The molecule has 0 atom stereocenters. The third-order valence-electron chi connectivity index (χ3n) is 2.85. The summed E-state index contributed by atoms with van der Waals surface area (Å²) in [4.78, 5) is 23.9. The second kappa shape index (κ2) is 5.35. The quantitative estimate of drug-likeness (QED) is 0.872. The van der Waals surface area contributed by atoms with E-state index < -0.39 is 17.4 Å². The third kappa shape index (κ3) is 3.44. The first-order chi connectivity index (χ1) is 9.26. The van der Waals surface area contributed by atoms with Crippen LogP contribution in [-0.2, 0) is 4.79 Å². The van der Waals surface area contributed by atoms with E-state index >= 15 is 0 Å². The highest BCUT2D eigenvalue weighted by Gasteiger charge is 2.36. The average Bonchev–Trinajstić information content (AvgIpc) is 2.24. The molecule has 1 N–H and O–H groups in total. The number of thioether (sulfide) groups is 1. The van der Waals surface area contributed by atoms with Crippen molar-refractivity contribution in [2.75, 3.05) is 13.1 Å². The summed E-state index contributed by atoms with van der Waals surface area (Å²) in [5.41, 5.74) is -4.11. The molecule has 0 aromatic heterocycles. The smallest absolute Gasteiger partial charge is 0.446 e.